The van der Waals surface area contributed by atoms with Gasteiger partial charge in [0, 0.05) is 19.7 Å². The Kier molecular flexibility index (Phi) is 5.07. The number of hydrogen-bond donors (Lipinski definition) is 1. The van der Waals surface area contributed by atoms with Crippen molar-refractivity contribution in [2.45, 2.75) is 0 Å². The average Bonchev–Trinajstić information content (AvgIpc) is 2.99. The monoisotopic (exact) mass is 549 g/mol. The summed E-state index contributed by atoms with van der Waals surface area (Å²) in [5, 5.41) is 35.9. The maximum absolute atomic E-state index is 11.6. The lowest BCUT2D eigenvalue weighted by atomic mass is 10.2. The zero-order valence-electron chi connectivity index (χ0n) is 15.1. The highest BCUT2D eigenvalue weighted by atomic mass is 79.9. The molecule has 0 atom stereocenters. The molecule has 13 heteroatoms. The lowest BCUT2D eigenvalue weighted by Crippen LogP contribution is -2.12. The van der Waals surface area contributed by atoms with Crippen molar-refractivity contribution in [1.82, 2.24) is 4.68 Å². The van der Waals surface area contributed by atoms with Crippen LogP contribution in [-0.2, 0) is 0 Å². The number of anilines is 1. The molecule has 4 rings (SSSR count). The topological polar surface area (TPSA) is 146 Å². The van der Waals surface area contributed by atoms with Gasteiger partial charge in [-0.15, -0.1) is 0 Å². The second-order valence-electron chi connectivity index (χ2n) is 6.40. The van der Waals surface area contributed by atoms with Crippen molar-refractivity contribution in [2.24, 2.45) is 0 Å². The molecule has 3 aromatic carbocycles. The SMILES string of the molecule is O=[N+]([O-])c1cc([N+](=O)[O-])c(Nn2c3ccc(Br)cc3c3cc(Br)ccc32)c([N+](=O)[O-])c1. The highest BCUT2D eigenvalue weighted by Gasteiger charge is 2.31. The van der Waals surface area contributed by atoms with E-state index in [2.05, 4.69) is 37.3 Å². The maximum atomic E-state index is 11.6. The Morgan fingerprint density at radius 1 is 0.710 bits per heavy atom. The second kappa shape index (κ2) is 7.59. The maximum Gasteiger partial charge on any atom is 0.308 e. The van der Waals surface area contributed by atoms with E-state index < -0.39 is 37.5 Å². The molecule has 0 fully saturated rings. The quantitative estimate of drug-likeness (QED) is 0.239. The van der Waals surface area contributed by atoms with Crippen LogP contribution in [0.5, 0.6) is 0 Å². The van der Waals surface area contributed by atoms with Gasteiger partial charge in [-0.1, -0.05) is 31.9 Å². The van der Waals surface area contributed by atoms with Gasteiger partial charge in [0.2, 0.25) is 5.69 Å². The zero-order valence-corrected chi connectivity index (χ0v) is 18.3. The van der Waals surface area contributed by atoms with E-state index in [1.807, 2.05) is 12.1 Å². The van der Waals surface area contributed by atoms with E-state index in [4.69, 9.17) is 0 Å². The normalized spacial score (nSPS) is 11.0. The van der Waals surface area contributed by atoms with Crippen LogP contribution in [0.1, 0.15) is 0 Å². The van der Waals surface area contributed by atoms with Gasteiger partial charge in [-0.3, -0.25) is 40.4 Å². The van der Waals surface area contributed by atoms with Gasteiger partial charge in [-0.2, -0.15) is 0 Å². The molecule has 0 spiro atoms. The van der Waals surface area contributed by atoms with E-state index in [0.29, 0.717) is 23.2 Å². The molecule has 0 saturated heterocycles. The Morgan fingerprint density at radius 2 is 1.16 bits per heavy atom. The summed E-state index contributed by atoms with van der Waals surface area (Å²) in [6, 6.07) is 12.1. The fourth-order valence-corrected chi connectivity index (χ4v) is 4.03. The van der Waals surface area contributed by atoms with Gasteiger partial charge in [0.05, 0.1) is 37.9 Å². The van der Waals surface area contributed by atoms with E-state index in [-0.39, 0.29) is 0 Å². The molecule has 156 valence electrons. The summed E-state index contributed by atoms with van der Waals surface area (Å²) < 4.78 is 3.07. The van der Waals surface area contributed by atoms with E-state index in [0.717, 1.165) is 19.7 Å². The van der Waals surface area contributed by atoms with Crippen LogP contribution in [0.25, 0.3) is 21.8 Å². The smallest absolute Gasteiger partial charge is 0.282 e. The summed E-state index contributed by atoms with van der Waals surface area (Å²) in [6.45, 7) is 0. The first kappa shape index (κ1) is 20.7. The summed E-state index contributed by atoms with van der Waals surface area (Å²) in [7, 11) is 0. The third-order valence-electron chi connectivity index (χ3n) is 4.60. The van der Waals surface area contributed by atoms with Crippen molar-refractivity contribution in [3.63, 3.8) is 0 Å². The number of nitro groups is 3. The molecule has 1 heterocycles. The molecule has 0 amide bonds. The first-order chi connectivity index (χ1) is 14.7. The lowest BCUT2D eigenvalue weighted by molar-refractivity contribution is -0.401. The van der Waals surface area contributed by atoms with Crippen LogP contribution in [0.4, 0.5) is 22.7 Å². The number of nitrogens with one attached hydrogen (secondary N) is 1. The molecule has 1 N–H and O–H groups in total. The summed E-state index contributed by atoms with van der Waals surface area (Å²) in [4.78, 5) is 31.6. The number of non-ortho nitro benzene ring substituents is 1. The largest absolute Gasteiger partial charge is 0.308 e. The van der Waals surface area contributed by atoms with Crippen LogP contribution in [0.2, 0.25) is 0 Å². The Bertz CT molecular complexity index is 1340. The summed E-state index contributed by atoms with van der Waals surface area (Å²) in [5.74, 6) is 0. The number of hydrogen-bond acceptors (Lipinski definition) is 7. The van der Waals surface area contributed by atoms with Gasteiger partial charge in [-0.25, -0.2) is 0 Å². The molecule has 11 nitrogen and oxygen atoms in total. The summed E-state index contributed by atoms with van der Waals surface area (Å²) in [5.41, 5.74) is 1.15. The Balaban J connectivity index is 2.05. The van der Waals surface area contributed by atoms with Crippen LogP contribution in [0.3, 0.4) is 0 Å². The highest BCUT2D eigenvalue weighted by molar-refractivity contribution is 9.10. The van der Waals surface area contributed by atoms with Gasteiger partial charge in [-0.05, 0) is 36.4 Å². The molecule has 0 bridgehead atoms. The number of halogens is 2. The van der Waals surface area contributed by atoms with Crippen LogP contribution < -0.4 is 5.43 Å². The number of rotatable bonds is 5. The van der Waals surface area contributed by atoms with E-state index >= 15 is 0 Å². The third-order valence-corrected chi connectivity index (χ3v) is 5.58. The Labute approximate surface area is 188 Å². The molecule has 1 aromatic heterocycles. The highest BCUT2D eigenvalue weighted by Crippen LogP contribution is 2.40. The fourth-order valence-electron chi connectivity index (χ4n) is 3.31. The van der Waals surface area contributed by atoms with E-state index in [1.54, 1.807) is 24.3 Å². The van der Waals surface area contributed by atoms with Gasteiger partial charge in [0.25, 0.3) is 5.69 Å². The molecule has 0 unspecified atom stereocenters. The van der Waals surface area contributed by atoms with E-state index in [9.17, 15) is 30.3 Å². The van der Waals surface area contributed by atoms with Gasteiger partial charge >= 0.3 is 11.4 Å². The summed E-state index contributed by atoms with van der Waals surface area (Å²) in [6.07, 6.45) is 0. The van der Waals surface area contributed by atoms with Crippen molar-refractivity contribution in [3.05, 3.63) is 87.8 Å². The number of fused-ring (bicyclic) bond motifs is 3. The van der Waals surface area contributed by atoms with Crippen molar-refractivity contribution >= 4 is 76.4 Å². The van der Waals surface area contributed by atoms with Crippen molar-refractivity contribution in [3.8, 4) is 0 Å². The van der Waals surface area contributed by atoms with E-state index in [1.165, 1.54) is 4.68 Å². The molecule has 0 radical (unpaired) electrons. The Morgan fingerprint density at radius 3 is 1.55 bits per heavy atom. The molecule has 0 aliphatic heterocycles. The van der Waals surface area contributed by atoms with Crippen molar-refractivity contribution in [2.75, 3.05) is 5.43 Å². The predicted molar refractivity (Wildman–Crippen MR) is 120 cm³/mol. The molecule has 0 saturated carbocycles. The number of aromatic nitrogens is 1. The minimum absolute atomic E-state index is 0.467. The van der Waals surface area contributed by atoms with Crippen molar-refractivity contribution < 1.29 is 14.8 Å². The number of benzene rings is 3. The standard InChI is InChI=1S/C18H9Br2N5O6/c19-9-1-3-14-12(5-9)13-6-10(20)2-4-15(13)22(14)21-18-16(24(28)29)7-11(23(26)27)8-17(18)25(30)31/h1-8,21H. The first-order valence-electron chi connectivity index (χ1n) is 8.45. The molecule has 0 aliphatic carbocycles. The van der Waals surface area contributed by atoms with Crippen LogP contribution in [0, 0.1) is 30.3 Å². The minimum Gasteiger partial charge on any atom is -0.282 e. The molecule has 0 aliphatic rings. The Hall–Kier alpha value is -3.58. The minimum atomic E-state index is -0.917. The zero-order chi connectivity index (χ0) is 22.4. The van der Waals surface area contributed by atoms with Crippen LogP contribution >= 0.6 is 31.9 Å². The summed E-state index contributed by atoms with van der Waals surface area (Å²) >= 11 is 6.82. The van der Waals surface area contributed by atoms with Gasteiger partial charge in [0.1, 0.15) is 0 Å². The number of nitrogens with zero attached hydrogens (tertiary/aromatic N) is 4. The molecular weight excluding hydrogens is 542 g/mol. The fraction of sp³-hybridized carbons (Fsp3) is 0. The predicted octanol–water partition coefficient (Wildman–Crippen LogP) is 5.92. The van der Waals surface area contributed by atoms with Gasteiger partial charge < -0.3 is 0 Å². The average molecular weight is 551 g/mol. The molecule has 4 aromatic rings. The molecular formula is C18H9Br2N5O6. The first-order valence-corrected chi connectivity index (χ1v) is 10.0. The second-order valence-corrected chi connectivity index (χ2v) is 8.23. The third kappa shape index (κ3) is 3.57. The lowest BCUT2D eigenvalue weighted by Gasteiger charge is -2.12. The van der Waals surface area contributed by atoms with Crippen LogP contribution in [-0.4, -0.2) is 19.4 Å². The van der Waals surface area contributed by atoms with Crippen molar-refractivity contribution in [1.29, 1.82) is 0 Å². The van der Waals surface area contributed by atoms with Crippen LogP contribution in [0.15, 0.2) is 57.5 Å². The molecule has 31 heavy (non-hydrogen) atoms. The number of nitro benzene ring substituents is 3. The van der Waals surface area contributed by atoms with Gasteiger partial charge in [0.15, 0.2) is 0 Å².